The van der Waals surface area contributed by atoms with Gasteiger partial charge < -0.3 is 25.3 Å². The third kappa shape index (κ3) is 2.01. The van der Waals surface area contributed by atoms with Crippen molar-refractivity contribution in [1.82, 2.24) is 14.5 Å². The highest BCUT2D eigenvalue weighted by Gasteiger charge is 2.53. The lowest BCUT2D eigenvalue weighted by molar-refractivity contribution is -0.0439. The summed E-state index contributed by atoms with van der Waals surface area (Å²) in [6, 6.07) is 0. The molecule has 0 saturated carbocycles. The number of rotatable bonds is 3. The second-order valence-electron chi connectivity index (χ2n) is 5.46. The van der Waals surface area contributed by atoms with E-state index in [0.29, 0.717) is 16.9 Å². The molecule has 1 fully saturated rings. The van der Waals surface area contributed by atoms with E-state index in [2.05, 4.69) is 16.5 Å². The molecule has 2 aromatic heterocycles. The average Bonchev–Trinajstić information content (AvgIpc) is 2.97. The predicted octanol–water partition coefficient (Wildman–Crippen LogP) is 0.905. The van der Waals surface area contributed by atoms with Crippen molar-refractivity contribution in [3.8, 4) is 0 Å². The lowest BCUT2D eigenvalue weighted by Gasteiger charge is -2.26. The van der Waals surface area contributed by atoms with E-state index in [0.717, 1.165) is 5.56 Å². The lowest BCUT2D eigenvalue weighted by Crippen LogP contribution is -2.39. The molecule has 0 radical (unpaired) electrons. The number of hydrogen-bond donors (Lipinski definition) is 3. The van der Waals surface area contributed by atoms with Gasteiger partial charge in [0.15, 0.2) is 6.23 Å². The average molecular weight is 325 g/mol. The molecule has 0 spiro atoms. The Labute approximate surface area is 132 Å². The molecule has 0 aromatic carbocycles. The molecule has 118 valence electrons. The maximum absolute atomic E-state index is 10.2. The van der Waals surface area contributed by atoms with Crippen LogP contribution in [0.3, 0.4) is 0 Å². The molecule has 1 aliphatic heterocycles. The molecule has 3 heterocycles. The summed E-state index contributed by atoms with van der Waals surface area (Å²) in [5, 5.41) is 20.2. The lowest BCUT2D eigenvalue weighted by atomic mass is 10.0. The Morgan fingerprint density at radius 3 is 2.91 bits per heavy atom. The molecular weight excluding hydrogens is 308 g/mol. The van der Waals surface area contributed by atoms with Crippen LogP contribution in [0.1, 0.15) is 18.7 Å². The molecule has 8 heteroatoms. The van der Waals surface area contributed by atoms with Gasteiger partial charge in [-0.15, -0.1) is 11.6 Å². The van der Waals surface area contributed by atoms with Crippen LogP contribution in [0.15, 0.2) is 19.1 Å². The third-order valence-corrected chi connectivity index (χ3v) is 4.45. The second kappa shape index (κ2) is 5.20. The van der Waals surface area contributed by atoms with Gasteiger partial charge in [-0.3, -0.25) is 0 Å². The van der Waals surface area contributed by atoms with Gasteiger partial charge in [0.05, 0.1) is 12.0 Å². The zero-order valence-electron chi connectivity index (χ0n) is 12.0. The normalized spacial score (nSPS) is 31.7. The zero-order chi connectivity index (χ0) is 16.1. The number of aliphatic hydroxyl groups is 2. The highest BCUT2D eigenvalue weighted by atomic mass is 35.5. The number of nitrogen functional groups attached to an aromatic ring is 1. The van der Waals surface area contributed by atoms with E-state index in [1.807, 2.05) is 0 Å². The molecule has 1 aliphatic rings. The van der Waals surface area contributed by atoms with Crippen molar-refractivity contribution < 1.29 is 14.9 Å². The molecule has 4 atom stereocenters. The topological polar surface area (TPSA) is 106 Å². The summed E-state index contributed by atoms with van der Waals surface area (Å²) in [6.45, 7) is 5.08. The number of nitrogens with zero attached hydrogens (tertiary/aromatic N) is 3. The van der Waals surface area contributed by atoms with Gasteiger partial charge in [0.2, 0.25) is 0 Å². The summed E-state index contributed by atoms with van der Waals surface area (Å²) in [6.07, 6.45) is 2.23. The van der Waals surface area contributed by atoms with Crippen LogP contribution in [0, 0.1) is 0 Å². The van der Waals surface area contributed by atoms with Crippen molar-refractivity contribution in [3.63, 3.8) is 0 Å². The Hall–Kier alpha value is -1.67. The van der Waals surface area contributed by atoms with Gasteiger partial charge in [-0.2, -0.15) is 0 Å². The minimum absolute atomic E-state index is 0.326. The second-order valence-corrected chi connectivity index (χ2v) is 6.27. The van der Waals surface area contributed by atoms with Gasteiger partial charge in [0.25, 0.3) is 0 Å². The number of aromatic nitrogens is 3. The first-order chi connectivity index (χ1) is 10.4. The number of halogens is 1. The first-order valence-electron chi connectivity index (χ1n) is 6.78. The molecule has 2 aromatic rings. The first-order valence-corrected chi connectivity index (χ1v) is 7.16. The van der Waals surface area contributed by atoms with E-state index < -0.39 is 23.3 Å². The van der Waals surface area contributed by atoms with Crippen LogP contribution in [-0.2, 0) is 4.74 Å². The van der Waals surface area contributed by atoms with Gasteiger partial charge in [-0.05, 0) is 6.92 Å². The molecule has 0 bridgehead atoms. The minimum atomic E-state index is -1.13. The SMILES string of the molecule is C=Cc1cn(C2OC(CO)C(O)[C@@]2(C)Cl)c2ncnc(N)c12. The monoisotopic (exact) mass is 324 g/mol. The van der Waals surface area contributed by atoms with E-state index in [4.69, 9.17) is 22.1 Å². The maximum Gasteiger partial charge on any atom is 0.157 e. The van der Waals surface area contributed by atoms with Crippen molar-refractivity contribution in [2.24, 2.45) is 0 Å². The maximum atomic E-state index is 10.2. The van der Waals surface area contributed by atoms with Crippen LogP contribution in [0.25, 0.3) is 17.1 Å². The van der Waals surface area contributed by atoms with Crippen LogP contribution in [0.4, 0.5) is 5.82 Å². The Kier molecular flexibility index (Phi) is 3.60. The Morgan fingerprint density at radius 1 is 1.59 bits per heavy atom. The van der Waals surface area contributed by atoms with E-state index >= 15 is 0 Å². The van der Waals surface area contributed by atoms with Crippen LogP contribution >= 0.6 is 11.6 Å². The number of aliphatic hydroxyl groups excluding tert-OH is 2. The molecular formula is C14H17ClN4O3. The molecule has 3 rings (SSSR count). The largest absolute Gasteiger partial charge is 0.394 e. The van der Waals surface area contributed by atoms with Crippen LogP contribution in [0.2, 0.25) is 0 Å². The summed E-state index contributed by atoms with van der Waals surface area (Å²) < 4.78 is 7.42. The van der Waals surface area contributed by atoms with Gasteiger partial charge in [0.1, 0.15) is 34.9 Å². The van der Waals surface area contributed by atoms with Gasteiger partial charge in [-0.1, -0.05) is 12.7 Å². The quantitative estimate of drug-likeness (QED) is 0.724. The summed E-state index contributed by atoms with van der Waals surface area (Å²) in [4.78, 5) is 7.09. The summed E-state index contributed by atoms with van der Waals surface area (Å²) in [7, 11) is 0. The fourth-order valence-corrected chi connectivity index (χ4v) is 3.13. The van der Waals surface area contributed by atoms with Gasteiger partial charge >= 0.3 is 0 Å². The number of anilines is 1. The smallest absolute Gasteiger partial charge is 0.157 e. The molecule has 4 N–H and O–H groups in total. The minimum Gasteiger partial charge on any atom is -0.394 e. The highest BCUT2D eigenvalue weighted by molar-refractivity contribution is 6.24. The molecule has 0 amide bonds. The number of hydrogen-bond acceptors (Lipinski definition) is 6. The van der Waals surface area contributed by atoms with Crippen molar-refractivity contribution in [2.75, 3.05) is 12.3 Å². The third-order valence-electron chi connectivity index (χ3n) is 4.04. The fourth-order valence-electron chi connectivity index (χ4n) is 2.83. The Balaban J connectivity index is 2.19. The molecule has 7 nitrogen and oxygen atoms in total. The van der Waals surface area contributed by atoms with Crippen LogP contribution in [-0.4, -0.2) is 48.4 Å². The number of ether oxygens (including phenoxy) is 1. The summed E-state index contributed by atoms with van der Waals surface area (Å²) in [5.41, 5.74) is 7.19. The summed E-state index contributed by atoms with van der Waals surface area (Å²) >= 11 is 6.48. The first kappa shape index (κ1) is 15.2. The number of nitrogens with two attached hydrogens (primary N) is 1. The highest BCUT2D eigenvalue weighted by Crippen LogP contribution is 2.45. The van der Waals surface area contributed by atoms with Gasteiger partial charge in [0, 0.05) is 11.8 Å². The molecule has 3 unspecified atom stereocenters. The van der Waals surface area contributed by atoms with E-state index in [1.54, 1.807) is 23.8 Å². The molecule has 0 aliphatic carbocycles. The van der Waals surface area contributed by atoms with Crippen molar-refractivity contribution in [2.45, 2.75) is 30.2 Å². The standard InChI is InChI=1S/C14H17ClN4O3/c1-3-7-4-19(12-9(7)11(16)17-6-18-12)13-14(2,15)10(21)8(5-20)22-13/h3-4,6,8,10,13,20-21H,1,5H2,2H3,(H2,16,17,18)/t8?,10?,13?,14-/m1/s1. The van der Waals surface area contributed by atoms with Gasteiger partial charge in [-0.25, -0.2) is 9.97 Å². The van der Waals surface area contributed by atoms with E-state index in [1.165, 1.54) is 6.33 Å². The van der Waals surface area contributed by atoms with Crippen molar-refractivity contribution >= 4 is 34.5 Å². The van der Waals surface area contributed by atoms with Crippen LogP contribution < -0.4 is 5.73 Å². The Bertz CT molecular complexity index is 730. The van der Waals surface area contributed by atoms with Crippen LogP contribution in [0.5, 0.6) is 0 Å². The van der Waals surface area contributed by atoms with Crippen molar-refractivity contribution in [3.05, 3.63) is 24.7 Å². The van der Waals surface area contributed by atoms with Crippen molar-refractivity contribution in [1.29, 1.82) is 0 Å². The van der Waals surface area contributed by atoms with E-state index in [-0.39, 0.29) is 6.61 Å². The zero-order valence-corrected chi connectivity index (χ0v) is 12.7. The fraction of sp³-hybridized carbons (Fsp3) is 0.429. The summed E-state index contributed by atoms with van der Waals surface area (Å²) in [5.74, 6) is 0.326. The molecule has 1 saturated heterocycles. The number of alkyl halides is 1. The van der Waals surface area contributed by atoms with E-state index in [9.17, 15) is 10.2 Å². The number of fused-ring (bicyclic) bond motifs is 1. The Morgan fingerprint density at radius 2 is 2.32 bits per heavy atom. The molecule has 22 heavy (non-hydrogen) atoms. The predicted molar refractivity (Wildman–Crippen MR) is 83.3 cm³/mol.